The van der Waals surface area contributed by atoms with Crippen LogP contribution in [0.3, 0.4) is 0 Å². The Labute approximate surface area is 160 Å². The highest BCUT2D eigenvalue weighted by Crippen LogP contribution is 2.22. The molecule has 0 fully saturated rings. The third-order valence-electron chi connectivity index (χ3n) is 4.44. The fourth-order valence-corrected chi connectivity index (χ4v) is 3.22. The number of nitrogens with one attached hydrogen (secondary N) is 2. The smallest absolute Gasteiger partial charge is 0.175 e. The quantitative estimate of drug-likeness (QED) is 0.631. The normalized spacial score (nSPS) is 10.6. The highest BCUT2D eigenvalue weighted by atomic mass is 32.1. The highest BCUT2D eigenvalue weighted by molar-refractivity contribution is 7.80. The molecule has 0 radical (unpaired) electrons. The van der Waals surface area contributed by atoms with E-state index < -0.39 is 0 Å². The van der Waals surface area contributed by atoms with Gasteiger partial charge in [0.1, 0.15) is 0 Å². The van der Waals surface area contributed by atoms with Gasteiger partial charge >= 0.3 is 0 Å². The molecule has 0 aliphatic carbocycles. The molecular weight excluding hydrogens is 340 g/mol. The molecule has 3 rings (SSSR count). The Morgan fingerprint density at radius 3 is 2.42 bits per heavy atom. The fraction of sp³-hybridized carbons (Fsp3) is 0.238. The van der Waals surface area contributed by atoms with E-state index in [1.807, 2.05) is 48.0 Å². The molecule has 0 aliphatic heterocycles. The van der Waals surface area contributed by atoms with Crippen molar-refractivity contribution < 1.29 is 0 Å². The van der Waals surface area contributed by atoms with Gasteiger partial charge in [0.05, 0.1) is 23.6 Å². The highest BCUT2D eigenvalue weighted by Gasteiger charge is 2.13. The van der Waals surface area contributed by atoms with Crippen LogP contribution < -0.4 is 10.6 Å². The van der Waals surface area contributed by atoms with Crippen molar-refractivity contribution in [2.24, 2.45) is 0 Å². The van der Waals surface area contributed by atoms with Gasteiger partial charge in [0.2, 0.25) is 0 Å². The summed E-state index contributed by atoms with van der Waals surface area (Å²) in [4.78, 5) is 0. The molecule has 0 bridgehead atoms. The lowest BCUT2D eigenvalue weighted by atomic mass is 10.1. The first-order valence-corrected chi connectivity index (χ1v) is 9.23. The second-order valence-electron chi connectivity index (χ2n) is 6.28. The van der Waals surface area contributed by atoms with Gasteiger partial charge in [-0.05, 0) is 49.7 Å². The van der Waals surface area contributed by atoms with Crippen LogP contribution in [0, 0.1) is 13.8 Å². The van der Waals surface area contributed by atoms with Crippen LogP contribution in [0.5, 0.6) is 0 Å². The molecule has 0 unspecified atom stereocenters. The molecule has 26 heavy (non-hydrogen) atoms. The number of nitrogens with zero attached hydrogens (tertiary/aromatic N) is 2. The van der Waals surface area contributed by atoms with Crippen LogP contribution in [-0.2, 0) is 13.0 Å². The summed E-state index contributed by atoms with van der Waals surface area (Å²) in [7, 11) is 0. The van der Waals surface area contributed by atoms with Crippen molar-refractivity contribution in [3.8, 4) is 0 Å². The summed E-state index contributed by atoms with van der Waals surface area (Å²) in [5, 5.41) is 11.9. The largest absolute Gasteiger partial charge is 0.332 e. The first kappa shape index (κ1) is 18.1. The topological polar surface area (TPSA) is 41.9 Å². The van der Waals surface area contributed by atoms with Crippen LogP contribution in [0.1, 0.15) is 29.4 Å². The van der Waals surface area contributed by atoms with Crippen LogP contribution in [0.2, 0.25) is 0 Å². The van der Waals surface area contributed by atoms with Gasteiger partial charge in [0.15, 0.2) is 5.11 Å². The van der Waals surface area contributed by atoms with E-state index in [4.69, 9.17) is 12.2 Å². The Morgan fingerprint density at radius 2 is 1.69 bits per heavy atom. The second kappa shape index (κ2) is 8.15. The Balaban J connectivity index is 1.74. The van der Waals surface area contributed by atoms with Crippen LogP contribution >= 0.6 is 12.2 Å². The standard InChI is InChI=1S/C21H24N4S/c1-4-18-12-8-9-13-19(18)22-21(26)23-20-15(2)24-25(16(20)3)14-17-10-6-5-7-11-17/h5-13H,4,14H2,1-3H3,(H2,22,23,26). The van der Waals surface area contributed by atoms with Crippen LogP contribution in [0.15, 0.2) is 54.6 Å². The maximum Gasteiger partial charge on any atom is 0.175 e. The molecule has 2 aromatic carbocycles. The molecule has 0 atom stereocenters. The lowest BCUT2D eigenvalue weighted by Crippen LogP contribution is -2.20. The molecule has 4 nitrogen and oxygen atoms in total. The number of rotatable bonds is 5. The van der Waals surface area contributed by atoms with E-state index in [0.29, 0.717) is 5.11 Å². The van der Waals surface area contributed by atoms with Gasteiger partial charge in [-0.15, -0.1) is 0 Å². The third-order valence-corrected chi connectivity index (χ3v) is 4.65. The molecule has 0 saturated heterocycles. The Morgan fingerprint density at radius 1 is 1.00 bits per heavy atom. The lowest BCUT2D eigenvalue weighted by Gasteiger charge is -2.14. The van der Waals surface area contributed by atoms with Crippen molar-refractivity contribution in [1.82, 2.24) is 9.78 Å². The lowest BCUT2D eigenvalue weighted by molar-refractivity contribution is 0.659. The molecule has 0 amide bonds. The van der Waals surface area contributed by atoms with Gasteiger partial charge in [-0.25, -0.2) is 0 Å². The average Bonchev–Trinajstić information content (AvgIpc) is 2.90. The summed E-state index contributed by atoms with van der Waals surface area (Å²) in [5.74, 6) is 0. The number of benzene rings is 2. The first-order chi connectivity index (χ1) is 12.6. The zero-order chi connectivity index (χ0) is 18.5. The van der Waals surface area contributed by atoms with Gasteiger partial charge in [0.25, 0.3) is 0 Å². The van der Waals surface area contributed by atoms with E-state index in [1.165, 1.54) is 11.1 Å². The van der Waals surface area contributed by atoms with Crippen molar-refractivity contribution in [1.29, 1.82) is 0 Å². The van der Waals surface area contributed by atoms with E-state index in [9.17, 15) is 0 Å². The molecule has 0 aliphatic rings. The molecule has 2 N–H and O–H groups in total. The Hall–Kier alpha value is -2.66. The van der Waals surface area contributed by atoms with E-state index in [-0.39, 0.29) is 0 Å². The molecule has 1 heterocycles. The number of aryl methyl sites for hydroxylation is 2. The predicted octanol–water partition coefficient (Wildman–Crippen LogP) is 4.92. The van der Waals surface area contributed by atoms with Gasteiger partial charge in [-0.2, -0.15) is 5.10 Å². The van der Waals surface area contributed by atoms with Crippen LogP contribution in [-0.4, -0.2) is 14.9 Å². The van der Waals surface area contributed by atoms with E-state index in [0.717, 1.165) is 35.7 Å². The summed E-state index contributed by atoms with van der Waals surface area (Å²) in [5.41, 5.74) is 6.48. The maximum atomic E-state index is 5.52. The van der Waals surface area contributed by atoms with Gasteiger partial charge < -0.3 is 10.6 Å². The van der Waals surface area contributed by atoms with Crippen LogP contribution in [0.4, 0.5) is 11.4 Å². The second-order valence-corrected chi connectivity index (χ2v) is 6.69. The average molecular weight is 365 g/mol. The van der Waals surface area contributed by atoms with Gasteiger partial charge in [-0.3, -0.25) is 4.68 Å². The monoisotopic (exact) mass is 364 g/mol. The maximum absolute atomic E-state index is 5.52. The summed E-state index contributed by atoms with van der Waals surface area (Å²) in [6.07, 6.45) is 0.957. The molecule has 0 saturated carbocycles. The van der Waals surface area contributed by atoms with Crippen molar-refractivity contribution in [2.45, 2.75) is 33.7 Å². The molecule has 134 valence electrons. The predicted molar refractivity (Wildman–Crippen MR) is 113 cm³/mol. The summed E-state index contributed by atoms with van der Waals surface area (Å²) in [6, 6.07) is 18.5. The third kappa shape index (κ3) is 4.11. The van der Waals surface area contributed by atoms with Crippen LogP contribution in [0.25, 0.3) is 0 Å². The van der Waals surface area contributed by atoms with Crippen molar-refractivity contribution in [3.05, 3.63) is 77.1 Å². The zero-order valence-electron chi connectivity index (χ0n) is 15.4. The van der Waals surface area contributed by atoms with E-state index >= 15 is 0 Å². The molecule has 5 heteroatoms. The van der Waals surface area contributed by atoms with E-state index in [1.54, 1.807) is 0 Å². The zero-order valence-corrected chi connectivity index (χ0v) is 16.2. The number of aromatic nitrogens is 2. The number of hydrogen-bond acceptors (Lipinski definition) is 2. The van der Waals surface area contributed by atoms with Gasteiger partial charge in [0, 0.05) is 5.69 Å². The Bertz CT molecular complexity index is 900. The summed E-state index contributed by atoms with van der Waals surface area (Å²) >= 11 is 5.52. The summed E-state index contributed by atoms with van der Waals surface area (Å²) < 4.78 is 2.01. The number of para-hydroxylation sites is 1. The SMILES string of the molecule is CCc1ccccc1NC(=S)Nc1c(C)nn(Cc2ccccc2)c1C. The minimum atomic E-state index is 0.580. The number of thiocarbonyl (C=S) groups is 1. The Kier molecular flexibility index (Phi) is 5.68. The number of hydrogen-bond donors (Lipinski definition) is 2. The summed E-state index contributed by atoms with van der Waals surface area (Å²) in [6.45, 7) is 6.94. The minimum Gasteiger partial charge on any atom is -0.332 e. The number of anilines is 2. The molecule has 1 aromatic heterocycles. The fourth-order valence-electron chi connectivity index (χ4n) is 3.01. The van der Waals surface area contributed by atoms with Crippen molar-refractivity contribution >= 4 is 28.7 Å². The van der Waals surface area contributed by atoms with Crippen molar-refractivity contribution in [3.63, 3.8) is 0 Å². The minimum absolute atomic E-state index is 0.580. The van der Waals surface area contributed by atoms with E-state index in [2.05, 4.69) is 47.8 Å². The molecule has 3 aromatic rings. The molecular formula is C21H24N4S. The van der Waals surface area contributed by atoms with Gasteiger partial charge in [-0.1, -0.05) is 55.5 Å². The molecule has 0 spiro atoms. The van der Waals surface area contributed by atoms with Crippen molar-refractivity contribution in [2.75, 3.05) is 10.6 Å². The first-order valence-electron chi connectivity index (χ1n) is 8.82.